The summed E-state index contributed by atoms with van der Waals surface area (Å²) in [6, 6.07) is 7.18. The summed E-state index contributed by atoms with van der Waals surface area (Å²) in [5.41, 5.74) is 0.740. The molecule has 0 saturated heterocycles. The largest absolute Gasteiger partial charge is 0.467 e. The molecule has 0 atom stereocenters. The van der Waals surface area contributed by atoms with Crippen LogP contribution in [0.2, 0.25) is 0 Å². The lowest BCUT2D eigenvalue weighted by molar-refractivity contribution is -0.118. The molecule has 1 N–H and O–H groups in total. The van der Waals surface area contributed by atoms with Crippen LogP contribution in [-0.2, 0) is 11.3 Å². The first-order chi connectivity index (χ1) is 10.8. The van der Waals surface area contributed by atoms with E-state index in [-0.39, 0.29) is 11.7 Å². The number of aromatic nitrogens is 3. The minimum atomic E-state index is -0.137. The van der Waals surface area contributed by atoms with Crippen molar-refractivity contribution in [2.75, 3.05) is 5.75 Å². The van der Waals surface area contributed by atoms with Gasteiger partial charge in [-0.3, -0.25) is 9.78 Å². The van der Waals surface area contributed by atoms with Crippen molar-refractivity contribution in [3.8, 4) is 11.5 Å². The summed E-state index contributed by atoms with van der Waals surface area (Å²) in [5.74, 6) is 1.14. The van der Waals surface area contributed by atoms with Crippen molar-refractivity contribution in [2.45, 2.75) is 11.8 Å². The molecule has 0 aliphatic carbocycles. The lowest BCUT2D eigenvalue weighted by atomic mass is 10.3. The Hall–Kier alpha value is -2.61. The zero-order valence-corrected chi connectivity index (χ0v) is 12.2. The van der Waals surface area contributed by atoms with E-state index < -0.39 is 0 Å². The Morgan fingerprint density at radius 1 is 1.27 bits per heavy atom. The normalized spacial score (nSPS) is 10.5. The molecule has 3 aromatic heterocycles. The van der Waals surface area contributed by atoms with Crippen molar-refractivity contribution < 1.29 is 13.6 Å². The molecule has 0 saturated carbocycles. The Morgan fingerprint density at radius 2 is 2.23 bits per heavy atom. The molecule has 0 fully saturated rings. The Balaban J connectivity index is 1.49. The van der Waals surface area contributed by atoms with E-state index in [1.165, 1.54) is 11.8 Å². The van der Waals surface area contributed by atoms with Crippen LogP contribution in [0.15, 0.2) is 57.0 Å². The van der Waals surface area contributed by atoms with Crippen LogP contribution in [0.5, 0.6) is 0 Å². The first kappa shape index (κ1) is 14.3. The molecule has 0 unspecified atom stereocenters. The maximum absolute atomic E-state index is 11.7. The fraction of sp³-hybridized carbons (Fsp3) is 0.143. The first-order valence-electron chi connectivity index (χ1n) is 6.47. The van der Waals surface area contributed by atoms with E-state index in [2.05, 4.69) is 20.5 Å². The van der Waals surface area contributed by atoms with Crippen molar-refractivity contribution in [3.05, 3.63) is 48.7 Å². The van der Waals surface area contributed by atoms with Crippen LogP contribution in [0.3, 0.4) is 0 Å². The third kappa shape index (κ3) is 3.73. The number of hydrogen-bond donors (Lipinski definition) is 1. The minimum Gasteiger partial charge on any atom is -0.467 e. The number of hydrogen-bond acceptors (Lipinski definition) is 7. The van der Waals surface area contributed by atoms with Crippen LogP contribution in [0.25, 0.3) is 11.5 Å². The van der Waals surface area contributed by atoms with Crippen LogP contribution < -0.4 is 5.32 Å². The van der Waals surface area contributed by atoms with Gasteiger partial charge in [-0.1, -0.05) is 11.8 Å². The van der Waals surface area contributed by atoms with Crippen LogP contribution in [0.1, 0.15) is 5.76 Å². The second-order valence-electron chi connectivity index (χ2n) is 4.26. The molecule has 22 heavy (non-hydrogen) atoms. The predicted octanol–water partition coefficient (Wildman–Crippen LogP) is 2.13. The Morgan fingerprint density at radius 3 is 3.00 bits per heavy atom. The summed E-state index contributed by atoms with van der Waals surface area (Å²) in [6.07, 6.45) is 4.87. The minimum absolute atomic E-state index is 0.137. The van der Waals surface area contributed by atoms with Gasteiger partial charge >= 0.3 is 0 Å². The van der Waals surface area contributed by atoms with Crippen molar-refractivity contribution >= 4 is 17.7 Å². The third-order valence-corrected chi connectivity index (χ3v) is 3.50. The average molecular weight is 316 g/mol. The quantitative estimate of drug-likeness (QED) is 0.696. The van der Waals surface area contributed by atoms with Gasteiger partial charge in [0.25, 0.3) is 5.22 Å². The summed E-state index contributed by atoms with van der Waals surface area (Å²) in [5, 5.41) is 10.9. The van der Waals surface area contributed by atoms with E-state index in [1.54, 1.807) is 36.9 Å². The Labute approximate surface area is 130 Å². The number of carbonyl (C=O) groups is 1. The van der Waals surface area contributed by atoms with Gasteiger partial charge in [-0.2, -0.15) is 0 Å². The molecular formula is C14H12N4O3S. The SMILES string of the molecule is O=C(CSc1nnc(-c2cccnc2)o1)NCc1ccco1. The molecule has 1 amide bonds. The highest BCUT2D eigenvalue weighted by Gasteiger charge is 2.11. The second-order valence-corrected chi connectivity index (χ2v) is 5.19. The van der Waals surface area contributed by atoms with E-state index >= 15 is 0 Å². The van der Waals surface area contributed by atoms with Gasteiger partial charge in [0, 0.05) is 12.4 Å². The molecule has 0 bridgehead atoms. The zero-order chi connectivity index (χ0) is 15.2. The number of carbonyl (C=O) groups excluding carboxylic acids is 1. The third-order valence-electron chi connectivity index (χ3n) is 2.68. The standard InChI is InChI=1S/C14H12N4O3S/c19-12(16-8-11-4-2-6-20-11)9-22-14-18-17-13(21-14)10-3-1-5-15-7-10/h1-7H,8-9H2,(H,16,19). The van der Waals surface area contributed by atoms with Gasteiger partial charge in [0.05, 0.1) is 24.1 Å². The fourth-order valence-electron chi connectivity index (χ4n) is 1.65. The van der Waals surface area contributed by atoms with E-state index in [4.69, 9.17) is 8.83 Å². The highest BCUT2D eigenvalue weighted by Crippen LogP contribution is 2.22. The highest BCUT2D eigenvalue weighted by molar-refractivity contribution is 7.99. The molecule has 0 spiro atoms. The molecule has 3 heterocycles. The number of furan rings is 1. The van der Waals surface area contributed by atoms with Crippen LogP contribution >= 0.6 is 11.8 Å². The van der Waals surface area contributed by atoms with E-state index in [0.29, 0.717) is 23.4 Å². The molecule has 112 valence electrons. The molecule has 3 aromatic rings. The number of rotatable bonds is 6. The maximum Gasteiger partial charge on any atom is 0.277 e. The highest BCUT2D eigenvalue weighted by atomic mass is 32.2. The molecular weight excluding hydrogens is 304 g/mol. The molecule has 0 aromatic carbocycles. The van der Waals surface area contributed by atoms with E-state index in [9.17, 15) is 4.79 Å². The molecule has 3 rings (SSSR count). The second kappa shape index (κ2) is 6.90. The number of pyridine rings is 1. The van der Waals surface area contributed by atoms with Crippen molar-refractivity contribution in [1.82, 2.24) is 20.5 Å². The van der Waals surface area contributed by atoms with Gasteiger partial charge in [0.2, 0.25) is 11.8 Å². The number of nitrogens with one attached hydrogen (secondary N) is 1. The van der Waals surface area contributed by atoms with Crippen molar-refractivity contribution in [1.29, 1.82) is 0 Å². The van der Waals surface area contributed by atoms with Gasteiger partial charge in [0.15, 0.2) is 0 Å². The Bertz CT molecular complexity index is 728. The molecule has 7 nitrogen and oxygen atoms in total. The molecule has 8 heteroatoms. The summed E-state index contributed by atoms with van der Waals surface area (Å²) in [6.45, 7) is 0.358. The van der Waals surface area contributed by atoms with Crippen molar-refractivity contribution in [3.63, 3.8) is 0 Å². The monoisotopic (exact) mass is 316 g/mol. The lowest BCUT2D eigenvalue weighted by Crippen LogP contribution is -2.24. The van der Waals surface area contributed by atoms with Gasteiger partial charge in [-0.15, -0.1) is 10.2 Å². The summed E-state index contributed by atoms with van der Waals surface area (Å²) in [4.78, 5) is 15.7. The average Bonchev–Trinajstić information content (AvgIpc) is 3.23. The first-order valence-corrected chi connectivity index (χ1v) is 7.45. The maximum atomic E-state index is 11.7. The lowest BCUT2D eigenvalue weighted by Gasteiger charge is -2.00. The zero-order valence-electron chi connectivity index (χ0n) is 11.4. The topological polar surface area (TPSA) is 94.0 Å². The summed E-state index contributed by atoms with van der Waals surface area (Å²) >= 11 is 1.18. The van der Waals surface area contributed by atoms with Gasteiger partial charge < -0.3 is 14.2 Å². The number of nitrogens with zero attached hydrogens (tertiary/aromatic N) is 3. The van der Waals surface area contributed by atoms with Gasteiger partial charge in [0.1, 0.15) is 5.76 Å². The van der Waals surface area contributed by atoms with Gasteiger partial charge in [-0.25, -0.2) is 0 Å². The molecule has 0 aliphatic rings. The molecule has 0 aliphatic heterocycles. The van der Waals surface area contributed by atoms with Crippen molar-refractivity contribution in [2.24, 2.45) is 0 Å². The Kier molecular flexibility index (Phi) is 4.50. The summed E-state index contributed by atoms with van der Waals surface area (Å²) < 4.78 is 10.6. The van der Waals surface area contributed by atoms with E-state index in [0.717, 1.165) is 5.56 Å². The number of amides is 1. The number of thioether (sulfide) groups is 1. The fourth-order valence-corrected chi connectivity index (χ4v) is 2.24. The van der Waals surface area contributed by atoms with Crippen LogP contribution in [0, 0.1) is 0 Å². The van der Waals surface area contributed by atoms with Gasteiger partial charge in [-0.05, 0) is 24.3 Å². The predicted molar refractivity (Wildman–Crippen MR) is 78.8 cm³/mol. The van der Waals surface area contributed by atoms with E-state index in [1.807, 2.05) is 6.07 Å². The smallest absolute Gasteiger partial charge is 0.277 e. The van der Waals surface area contributed by atoms with Crippen LogP contribution in [0.4, 0.5) is 0 Å². The molecule has 0 radical (unpaired) electrons. The van der Waals surface area contributed by atoms with Crippen LogP contribution in [-0.4, -0.2) is 26.8 Å². The summed E-state index contributed by atoms with van der Waals surface area (Å²) in [7, 11) is 0.